The third kappa shape index (κ3) is 4.19. The zero-order valence-electron chi connectivity index (χ0n) is 29.2. The molecule has 0 saturated heterocycles. The predicted molar refractivity (Wildman–Crippen MR) is 237 cm³/mol. The lowest BCUT2D eigenvalue weighted by Gasteiger charge is -2.12. The van der Waals surface area contributed by atoms with E-state index in [-0.39, 0.29) is 0 Å². The van der Waals surface area contributed by atoms with Gasteiger partial charge in [0.05, 0.1) is 22.2 Å². The van der Waals surface area contributed by atoms with Gasteiger partial charge in [-0.3, -0.25) is 0 Å². The molecule has 4 heterocycles. The quantitative estimate of drug-likeness (QED) is 0.181. The van der Waals surface area contributed by atoms with Crippen molar-refractivity contribution in [3.63, 3.8) is 0 Å². The van der Waals surface area contributed by atoms with E-state index >= 15 is 0 Å². The molecule has 0 bridgehead atoms. The van der Waals surface area contributed by atoms with E-state index in [0.29, 0.717) is 0 Å². The molecule has 0 atom stereocenters. The van der Waals surface area contributed by atoms with E-state index in [2.05, 4.69) is 168 Å². The Morgan fingerprint density at radius 1 is 0.382 bits per heavy atom. The van der Waals surface area contributed by atoms with E-state index in [9.17, 15) is 0 Å². The topological polar surface area (TPSA) is 30.7 Å². The van der Waals surface area contributed by atoms with Crippen molar-refractivity contribution in [2.24, 2.45) is 0 Å². The molecule has 0 aliphatic rings. The van der Waals surface area contributed by atoms with E-state index in [1.54, 1.807) is 0 Å². The number of hydrogen-bond acceptors (Lipinski definition) is 4. The van der Waals surface area contributed by atoms with Crippen LogP contribution in [0, 0.1) is 0 Å². The molecule has 254 valence electrons. The molecule has 0 aliphatic carbocycles. The van der Waals surface area contributed by atoms with Gasteiger partial charge < -0.3 is 4.57 Å². The number of benzene rings is 9. The molecule has 5 heteroatoms. The summed E-state index contributed by atoms with van der Waals surface area (Å²) in [6.07, 6.45) is 0. The largest absolute Gasteiger partial charge is 0.309 e. The Balaban J connectivity index is 0.980. The van der Waals surface area contributed by atoms with Crippen molar-refractivity contribution in [3.05, 3.63) is 164 Å². The van der Waals surface area contributed by atoms with Gasteiger partial charge in [0.2, 0.25) is 0 Å². The molecule has 55 heavy (non-hydrogen) atoms. The normalized spacial score (nSPS) is 12.4. The minimum Gasteiger partial charge on any atom is -0.309 e. The highest BCUT2D eigenvalue weighted by Gasteiger charge is 2.21. The molecule has 13 rings (SSSR count). The summed E-state index contributed by atoms with van der Waals surface area (Å²) in [5, 5.41) is 13.9. The van der Waals surface area contributed by atoms with Crippen LogP contribution in [0.2, 0.25) is 0 Å². The third-order valence-corrected chi connectivity index (χ3v) is 13.8. The summed E-state index contributed by atoms with van der Waals surface area (Å²) in [7, 11) is 0. The molecule has 0 fully saturated rings. The molecule has 0 unspecified atom stereocenters. The predicted octanol–water partition coefficient (Wildman–Crippen LogP) is 14.5. The number of aromatic nitrogens is 3. The van der Waals surface area contributed by atoms with Crippen LogP contribution in [0.1, 0.15) is 0 Å². The number of fused-ring (bicyclic) bond motifs is 5. The van der Waals surface area contributed by atoms with Gasteiger partial charge in [-0.05, 0) is 82.2 Å². The molecule has 3 nitrogen and oxygen atoms in total. The monoisotopic (exact) mass is 733 g/mol. The second kappa shape index (κ2) is 11.0. The highest BCUT2D eigenvalue weighted by atomic mass is 32.1. The van der Waals surface area contributed by atoms with Crippen molar-refractivity contribution in [3.8, 4) is 28.3 Å². The minimum atomic E-state index is 0.733. The molecular weight excluding hydrogens is 707 g/mol. The molecule has 9 aromatic carbocycles. The zero-order valence-corrected chi connectivity index (χ0v) is 30.9. The lowest BCUT2D eigenvalue weighted by atomic mass is 10.00. The summed E-state index contributed by atoms with van der Waals surface area (Å²) >= 11 is 3.73. The van der Waals surface area contributed by atoms with Crippen molar-refractivity contribution < 1.29 is 0 Å². The second-order valence-corrected chi connectivity index (χ2v) is 16.7. The Morgan fingerprint density at radius 2 is 1.00 bits per heavy atom. The lowest BCUT2D eigenvalue weighted by Crippen LogP contribution is -1.96. The average Bonchev–Trinajstić information content (AvgIpc) is 3.73. The number of hydrogen-bond donors (Lipinski definition) is 0. The first kappa shape index (κ1) is 29.8. The van der Waals surface area contributed by atoms with Crippen molar-refractivity contribution >= 4 is 117 Å². The minimum absolute atomic E-state index is 0.733. The van der Waals surface area contributed by atoms with Crippen molar-refractivity contribution in [1.82, 2.24) is 14.5 Å². The van der Waals surface area contributed by atoms with Gasteiger partial charge in [0.1, 0.15) is 0 Å². The molecule has 0 aliphatic heterocycles. The van der Waals surface area contributed by atoms with Crippen molar-refractivity contribution in [2.45, 2.75) is 0 Å². The van der Waals surface area contributed by atoms with Gasteiger partial charge in [-0.25, -0.2) is 9.97 Å². The highest BCUT2D eigenvalue weighted by Crippen LogP contribution is 2.46. The molecule has 0 N–H and O–H groups in total. The van der Waals surface area contributed by atoms with Gasteiger partial charge in [-0.1, -0.05) is 103 Å². The van der Waals surface area contributed by atoms with E-state index < -0.39 is 0 Å². The van der Waals surface area contributed by atoms with Crippen LogP contribution in [0.3, 0.4) is 0 Å². The van der Waals surface area contributed by atoms with Crippen LogP contribution in [0.15, 0.2) is 164 Å². The molecule has 0 spiro atoms. The summed E-state index contributed by atoms with van der Waals surface area (Å²) in [5.74, 6) is 0.733. The maximum Gasteiger partial charge on any atom is 0.160 e. The van der Waals surface area contributed by atoms with Gasteiger partial charge in [-0.2, -0.15) is 0 Å². The number of nitrogens with zero attached hydrogens (tertiary/aromatic N) is 3. The zero-order chi connectivity index (χ0) is 35.8. The van der Waals surface area contributed by atoms with Crippen LogP contribution in [0.5, 0.6) is 0 Å². The number of para-hydroxylation sites is 1. The maximum atomic E-state index is 5.28. The Bertz CT molecular complexity index is 3630. The van der Waals surface area contributed by atoms with Crippen LogP contribution in [0.25, 0.3) is 123 Å². The Morgan fingerprint density at radius 3 is 1.80 bits per heavy atom. The Labute approximate surface area is 322 Å². The van der Waals surface area contributed by atoms with Crippen LogP contribution >= 0.6 is 22.7 Å². The fourth-order valence-corrected chi connectivity index (χ4v) is 11.4. The standard InChI is InChI=1S/C50H27N3S2/c1-3-11-38-37(10-1)49(32-18-22-36-35-9-2-4-12-41(35)54-44(36)27-32)52-50(51-38)33-16-15-31-26-34(21-17-30(31)25-33)53-39-23-19-28-7-5-13-42-45(28)47(39)48-40(53)24-20-29-8-6-14-43(55-42)46(29)48/h1-27H. The molecular formula is C50H27N3S2. The first-order chi connectivity index (χ1) is 27.2. The Kier molecular flexibility index (Phi) is 5.93. The van der Waals surface area contributed by atoms with Gasteiger partial charge in [0.25, 0.3) is 0 Å². The summed E-state index contributed by atoms with van der Waals surface area (Å²) < 4.78 is 7.67. The summed E-state index contributed by atoms with van der Waals surface area (Å²) in [5.41, 5.74) is 7.64. The number of rotatable bonds is 3. The third-order valence-electron chi connectivity index (χ3n) is 11.5. The van der Waals surface area contributed by atoms with Gasteiger partial charge in [-0.15, -0.1) is 22.7 Å². The maximum absolute atomic E-state index is 5.28. The second-order valence-electron chi connectivity index (χ2n) is 14.5. The molecule has 0 radical (unpaired) electrons. The average molecular weight is 734 g/mol. The molecule has 13 aromatic rings. The lowest BCUT2D eigenvalue weighted by molar-refractivity contribution is 1.19. The van der Waals surface area contributed by atoms with Crippen LogP contribution in [-0.4, -0.2) is 14.5 Å². The first-order valence-electron chi connectivity index (χ1n) is 18.6. The van der Waals surface area contributed by atoms with Gasteiger partial charge >= 0.3 is 0 Å². The van der Waals surface area contributed by atoms with E-state index in [0.717, 1.165) is 44.6 Å². The van der Waals surface area contributed by atoms with Crippen molar-refractivity contribution in [2.75, 3.05) is 0 Å². The molecule has 0 saturated carbocycles. The molecule has 4 aromatic heterocycles. The van der Waals surface area contributed by atoms with Crippen LogP contribution in [0.4, 0.5) is 0 Å². The SMILES string of the molecule is c1ccc2c(-c3ccc4c(c3)sc3ccccc34)nc(-c3ccc4cc(-n5c6ccc7cccc8sc9cccc%10ccc5c(c%109)c6c78)ccc4c3)nc2c1. The van der Waals surface area contributed by atoms with Crippen LogP contribution in [-0.2, 0) is 0 Å². The fourth-order valence-electron chi connectivity index (χ4n) is 9.05. The van der Waals surface area contributed by atoms with Gasteiger partial charge in [0, 0.05) is 73.3 Å². The van der Waals surface area contributed by atoms with Crippen molar-refractivity contribution in [1.29, 1.82) is 0 Å². The highest BCUT2D eigenvalue weighted by molar-refractivity contribution is 7.26. The van der Waals surface area contributed by atoms with E-state index in [4.69, 9.17) is 9.97 Å². The number of thiophene rings is 1. The van der Waals surface area contributed by atoms with E-state index in [1.807, 2.05) is 22.7 Å². The summed E-state index contributed by atoms with van der Waals surface area (Å²) in [6, 6.07) is 59.9. The molecule has 0 amide bonds. The fraction of sp³-hybridized carbons (Fsp3) is 0. The summed E-state index contributed by atoms with van der Waals surface area (Å²) in [4.78, 5) is 10.4. The van der Waals surface area contributed by atoms with E-state index in [1.165, 1.54) is 78.3 Å². The first-order valence-corrected chi connectivity index (χ1v) is 20.2. The summed E-state index contributed by atoms with van der Waals surface area (Å²) in [6.45, 7) is 0. The van der Waals surface area contributed by atoms with Gasteiger partial charge in [0.15, 0.2) is 5.82 Å². The van der Waals surface area contributed by atoms with Crippen LogP contribution < -0.4 is 0 Å². The Hall–Kier alpha value is -6.66. The smallest absolute Gasteiger partial charge is 0.160 e.